The van der Waals surface area contributed by atoms with Gasteiger partial charge in [-0.1, -0.05) is 0 Å². The molecule has 4 heteroatoms. The molecule has 1 fully saturated rings. The molecule has 0 saturated carbocycles. The lowest BCUT2D eigenvalue weighted by atomic mass is 10.4. The summed E-state index contributed by atoms with van der Waals surface area (Å²) in [6.07, 6.45) is 4.52. The van der Waals surface area contributed by atoms with E-state index in [0.717, 1.165) is 18.8 Å². The molecular weight excluding hydrogens is 140 g/mol. The van der Waals surface area contributed by atoms with Gasteiger partial charge in [-0.15, -0.1) is 5.10 Å². The fourth-order valence-corrected chi connectivity index (χ4v) is 1.38. The molecule has 60 valence electrons. The zero-order valence-corrected chi connectivity index (χ0v) is 6.69. The first-order valence-electron chi connectivity index (χ1n) is 4.00. The molecule has 2 rings (SSSR count). The normalized spacial score (nSPS) is 17.7. The molecule has 1 aliphatic rings. The first kappa shape index (κ1) is 6.64. The number of aromatic nitrogens is 3. The van der Waals surface area contributed by atoms with Gasteiger partial charge in [-0.05, 0) is 25.0 Å². The van der Waals surface area contributed by atoms with E-state index in [2.05, 4.69) is 15.3 Å². The summed E-state index contributed by atoms with van der Waals surface area (Å²) in [5.41, 5.74) is 0.983. The third kappa shape index (κ3) is 1.20. The van der Waals surface area contributed by atoms with E-state index in [1.54, 1.807) is 0 Å². The van der Waals surface area contributed by atoms with Crippen LogP contribution in [0.1, 0.15) is 18.5 Å². The Morgan fingerprint density at radius 2 is 2.09 bits per heavy atom. The van der Waals surface area contributed by atoms with Crippen molar-refractivity contribution in [3.8, 4) is 0 Å². The maximum absolute atomic E-state index is 3.99. The summed E-state index contributed by atoms with van der Waals surface area (Å²) in [6.45, 7) is 4.19. The average molecular weight is 152 g/mol. The molecule has 2 heterocycles. The van der Waals surface area contributed by atoms with Gasteiger partial charge in [-0.25, -0.2) is 0 Å². The highest BCUT2D eigenvalue weighted by molar-refractivity contribution is 4.94. The molecule has 0 spiro atoms. The van der Waals surface area contributed by atoms with Gasteiger partial charge in [-0.3, -0.25) is 5.01 Å². The first-order valence-corrected chi connectivity index (χ1v) is 4.00. The highest BCUT2D eigenvalue weighted by Crippen LogP contribution is 2.05. The lowest BCUT2D eigenvalue weighted by molar-refractivity contribution is 0.567. The Labute approximate surface area is 65.8 Å². The van der Waals surface area contributed by atoms with Gasteiger partial charge in [0.25, 0.3) is 0 Å². The van der Waals surface area contributed by atoms with Gasteiger partial charge in [0.15, 0.2) is 0 Å². The van der Waals surface area contributed by atoms with Crippen LogP contribution in [0.3, 0.4) is 0 Å². The Kier molecular flexibility index (Phi) is 1.52. The van der Waals surface area contributed by atoms with Crippen LogP contribution in [-0.2, 0) is 0 Å². The Hall–Kier alpha value is -1.06. The van der Waals surface area contributed by atoms with E-state index >= 15 is 0 Å². The van der Waals surface area contributed by atoms with Crippen LogP contribution in [0.25, 0.3) is 0 Å². The van der Waals surface area contributed by atoms with E-state index in [1.807, 2.05) is 17.9 Å². The van der Waals surface area contributed by atoms with E-state index in [-0.39, 0.29) is 0 Å². The summed E-state index contributed by atoms with van der Waals surface area (Å²) in [5.74, 6) is 0. The molecule has 0 atom stereocenters. The lowest BCUT2D eigenvalue weighted by Gasteiger charge is -2.15. The van der Waals surface area contributed by atoms with E-state index in [1.165, 1.54) is 12.8 Å². The molecule has 0 amide bonds. The summed E-state index contributed by atoms with van der Waals surface area (Å²) in [4.78, 5) is 1.85. The van der Waals surface area contributed by atoms with E-state index < -0.39 is 0 Å². The van der Waals surface area contributed by atoms with Crippen LogP contribution >= 0.6 is 0 Å². The van der Waals surface area contributed by atoms with Crippen LogP contribution in [-0.4, -0.2) is 28.2 Å². The van der Waals surface area contributed by atoms with Crippen molar-refractivity contribution in [2.24, 2.45) is 0 Å². The molecule has 1 aliphatic heterocycles. The smallest absolute Gasteiger partial charge is 0.0818 e. The third-order valence-electron chi connectivity index (χ3n) is 1.97. The van der Waals surface area contributed by atoms with Crippen LogP contribution in [0.4, 0.5) is 0 Å². The molecular formula is C7H12N4. The molecule has 11 heavy (non-hydrogen) atoms. The van der Waals surface area contributed by atoms with Crippen molar-refractivity contribution in [1.82, 2.24) is 15.1 Å². The zero-order valence-electron chi connectivity index (χ0n) is 6.69. The third-order valence-corrected chi connectivity index (χ3v) is 1.97. The van der Waals surface area contributed by atoms with E-state index in [0.29, 0.717) is 0 Å². The lowest BCUT2D eigenvalue weighted by Crippen LogP contribution is -2.31. The summed E-state index contributed by atoms with van der Waals surface area (Å²) in [7, 11) is 0. The molecule has 0 aliphatic carbocycles. The van der Waals surface area contributed by atoms with Crippen LogP contribution in [0.2, 0.25) is 0 Å². The van der Waals surface area contributed by atoms with Gasteiger partial charge in [0.05, 0.1) is 11.9 Å². The topological polar surface area (TPSA) is 34.0 Å². The number of hydrogen-bond acceptors (Lipinski definition) is 3. The first-order chi connectivity index (χ1) is 5.36. The van der Waals surface area contributed by atoms with Crippen LogP contribution in [0.5, 0.6) is 0 Å². The van der Waals surface area contributed by atoms with Crippen molar-refractivity contribution in [3.05, 3.63) is 11.9 Å². The minimum atomic E-state index is 0.983. The molecule has 0 N–H and O–H groups in total. The molecule has 4 nitrogen and oxygen atoms in total. The number of nitrogens with zero attached hydrogens (tertiary/aromatic N) is 4. The number of rotatable bonds is 1. The van der Waals surface area contributed by atoms with Crippen molar-refractivity contribution in [2.75, 3.05) is 18.1 Å². The fourth-order valence-electron chi connectivity index (χ4n) is 1.38. The maximum atomic E-state index is 3.99. The number of hydrogen-bond donors (Lipinski definition) is 0. The number of aryl methyl sites for hydroxylation is 1. The molecule has 0 unspecified atom stereocenters. The van der Waals surface area contributed by atoms with Gasteiger partial charge in [0.1, 0.15) is 0 Å². The molecule has 0 radical (unpaired) electrons. The summed E-state index contributed by atoms with van der Waals surface area (Å²) >= 11 is 0. The van der Waals surface area contributed by atoms with Gasteiger partial charge in [0, 0.05) is 13.1 Å². The van der Waals surface area contributed by atoms with Crippen LogP contribution < -0.4 is 5.01 Å². The Bertz CT molecular complexity index is 236. The van der Waals surface area contributed by atoms with Crippen molar-refractivity contribution in [1.29, 1.82) is 0 Å². The van der Waals surface area contributed by atoms with Gasteiger partial charge in [-0.2, -0.15) is 4.79 Å². The van der Waals surface area contributed by atoms with Gasteiger partial charge >= 0.3 is 0 Å². The summed E-state index contributed by atoms with van der Waals surface area (Å²) < 4.78 is 0. The molecule has 0 bridgehead atoms. The second kappa shape index (κ2) is 2.53. The second-order valence-corrected chi connectivity index (χ2v) is 2.94. The van der Waals surface area contributed by atoms with Crippen molar-refractivity contribution in [2.45, 2.75) is 19.8 Å². The Morgan fingerprint density at radius 1 is 1.36 bits per heavy atom. The average Bonchev–Trinajstić information content (AvgIpc) is 2.55. The second-order valence-electron chi connectivity index (χ2n) is 2.94. The highest BCUT2D eigenvalue weighted by atomic mass is 15.7. The monoisotopic (exact) mass is 152 g/mol. The Morgan fingerprint density at radius 3 is 2.64 bits per heavy atom. The minimum absolute atomic E-state index is 0.983. The predicted octanol–water partition coefficient (Wildman–Crippen LogP) is 0.318. The minimum Gasteiger partial charge on any atom is -0.296 e. The standard InChI is InChI=1S/C7H12N4/c1-7-6-11(9-8-7)10-4-2-3-5-10/h6H,2-5H2,1H3. The molecule has 0 aromatic carbocycles. The van der Waals surface area contributed by atoms with E-state index in [9.17, 15) is 0 Å². The Balaban J connectivity index is 2.15. The summed E-state index contributed by atoms with van der Waals surface area (Å²) in [5, 5.41) is 10.1. The van der Waals surface area contributed by atoms with Crippen molar-refractivity contribution in [3.63, 3.8) is 0 Å². The van der Waals surface area contributed by atoms with E-state index in [4.69, 9.17) is 0 Å². The van der Waals surface area contributed by atoms with Crippen LogP contribution in [0.15, 0.2) is 6.20 Å². The summed E-state index contributed by atoms with van der Waals surface area (Å²) in [6, 6.07) is 0. The van der Waals surface area contributed by atoms with Crippen molar-refractivity contribution < 1.29 is 0 Å². The van der Waals surface area contributed by atoms with Crippen LogP contribution in [0, 0.1) is 6.92 Å². The van der Waals surface area contributed by atoms with Crippen molar-refractivity contribution >= 4 is 0 Å². The van der Waals surface area contributed by atoms with Gasteiger partial charge < -0.3 is 0 Å². The van der Waals surface area contributed by atoms with Gasteiger partial charge in [0.2, 0.25) is 0 Å². The SMILES string of the molecule is Cc1cn(N2CCCC2)nn1. The molecule has 1 aromatic rings. The maximum Gasteiger partial charge on any atom is 0.0818 e. The highest BCUT2D eigenvalue weighted by Gasteiger charge is 2.12. The predicted molar refractivity (Wildman–Crippen MR) is 41.9 cm³/mol. The molecule has 1 saturated heterocycles. The quantitative estimate of drug-likeness (QED) is 0.581. The fraction of sp³-hybridized carbons (Fsp3) is 0.714. The zero-order chi connectivity index (χ0) is 7.68. The molecule has 1 aromatic heterocycles. The largest absolute Gasteiger partial charge is 0.296 e.